The van der Waals surface area contributed by atoms with Crippen molar-refractivity contribution >= 4 is 11.4 Å². The molecule has 0 aromatic carbocycles. The zero-order valence-corrected chi connectivity index (χ0v) is 15.4. The molecule has 25 heavy (non-hydrogen) atoms. The molecule has 0 unspecified atom stereocenters. The van der Waals surface area contributed by atoms with Gasteiger partial charge in [-0.15, -0.1) is 0 Å². The number of likely N-dealkylation sites (tertiary alicyclic amines) is 2. The molecule has 2 aromatic heterocycles. The maximum Gasteiger partial charge on any atom is 0.274 e. The van der Waals surface area contributed by atoms with Crippen molar-refractivity contribution < 1.29 is 4.79 Å². The third kappa shape index (κ3) is 2.83. The summed E-state index contributed by atoms with van der Waals surface area (Å²) in [5.41, 5.74) is 1.53. The third-order valence-electron chi connectivity index (χ3n) is 5.78. The number of hydrogen-bond donors (Lipinski definition) is 0. The zero-order chi connectivity index (χ0) is 17.6. The highest BCUT2D eigenvalue weighted by molar-refractivity contribution is 5.99. The van der Waals surface area contributed by atoms with Crippen molar-refractivity contribution in [3.63, 3.8) is 0 Å². The van der Waals surface area contributed by atoms with E-state index in [0.717, 1.165) is 43.8 Å². The van der Waals surface area contributed by atoms with E-state index in [2.05, 4.69) is 35.3 Å². The van der Waals surface area contributed by atoms with Gasteiger partial charge in [-0.1, -0.05) is 6.07 Å². The van der Waals surface area contributed by atoms with E-state index < -0.39 is 0 Å². The first-order chi connectivity index (χ1) is 12.1. The van der Waals surface area contributed by atoms with E-state index in [4.69, 9.17) is 4.98 Å². The molecule has 0 spiro atoms. The highest BCUT2D eigenvalue weighted by Gasteiger charge is 2.33. The molecule has 4 heterocycles. The fourth-order valence-corrected chi connectivity index (χ4v) is 4.19. The Labute approximate surface area is 149 Å². The topological polar surface area (TPSA) is 44.1 Å². The van der Waals surface area contributed by atoms with Crippen LogP contribution < -0.4 is 0 Å². The molecule has 2 aromatic rings. The number of rotatable bonds is 3. The maximum absolute atomic E-state index is 13.2. The highest BCUT2D eigenvalue weighted by Crippen LogP contribution is 2.31. The van der Waals surface area contributed by atoms with Crippen LogP contribution in [0.15, 0.2) is 24.4 Å². The SMILES string of the molecule is CN(C)[C@@H]1CCN(C(=O)c2nc([C@H]3CCCN3C)n3ccccc23)C1. The molecule has 134 valence electrons. The Balaban J connectivity index is 1.69. The fourth-order valence-electron chi connectivity index (χ4n) is 4.19. The van der Waals surface area contributed by atoms with Crippen LogP contribution in [0.25, 0.3) is 5.52 Å². The van der Waals surface area contributed by atoms with E-state index in [9.17, 15) is 4.79 Å². The molecule has 2 atom stereocenters. The summed E-state index contributed by atoms with van der Waals surface area (Å²) in [6.07, 6.45) is 5.35. The summed E-state index contributed by atoms with van der Waals surface area (Å²) in [5, 5.41) is 0. The number of pyridine rings is 1. The molecule has 0 radical (unpaired) electrons. The number of carbonyl (C=O) groups excluding carboxylic acids is 1. The van der Waals surface area contributed by atoms with Crippen LogP contribution >= 0.6 is 0 Å². The summed E-state index contributed by atoms with van der Waals surface area (Å²) in [6.45, 7) is 2.69. The Hall–Kier alpha value is -1.92. The van der Waals surface area contributed by atoms with Crippen LogP contribution in [0.5, 0.6) is 0 Å². The van der Waals surface area contributed by atoms with Gasteiger partial charge >= 0.3 is 0 Å². The number of amides is 1. The van der Waals surface area contributed by atoms with Crippen molar-refractivity contribution in [1.82, 2.24) is 24.1 Å². The molecule has 0 bridgehead atoms. The number of fused-ring (bicyclic) bond motifs is 1. The normalized spacial score (nSPS) is 24.7. The van der Waals surface area contributed by atoms with Crippen LogP contribution in [0.3, 0.4) is 0 Å². The van der Waals surface area contributed by atoms with Crippen molar-refractivity contribution in [2.45, 2.75) is 31.3 Å². The van der Waals surface area contributed by atoms with Gasteiger partial charge in [-0.3, -0.25) is 9.69 Å². The predicted octanol–water partition coefficient (Wildman–Crippen LogP) is 1.88. The first kappa shape index (κ1) is 16.5. The third-order valence-corrected chi connectivity index (χ3v) is 5.78. The van der Waals surface area contributed by atoms with Crippen molar-refractivity contribution in [2.24, 2.45) is 0 Å². The van der Waals surface area contributed by atoms with Crippen molar-refractivity contribution in [1.29, 1.82) is 0 Å². The average Bonchev–Trinajstić information content (AvgIpc) is 3.32. The minimum Gasteiger partial charge on any atom is -0.336 e. The Kier molecular flexibility index (Phi) is 4.25. The number of likely N-dealkylation sites (N-methyl/N-ethyl adjacent to an activating group) is 1. The Morgan fingerprint density at radius 1 is 1.24 bits per heavy atom. The lowest BCUT2D eigenvalue weighted by molar-refractivity contribution is 0.0779. The molecule has 2 saturated heterocycles. The van der Waals surface area contributed by atoms with E-state index in [-0.39, 0.29) is 5.91 Å². The second kappa shape index (κ2) is 6.42. The molecule has 4 rings (SSSR count). The van der Waals surface area contributed by atoms with E-state index in [1.165, 1.54) is 6.42 Å². The van der Waals surface area contributed by atoms with Crippen LogP contribution in [0.4, 0.5) is 0 Å². The zero-order valence-electron chi connectivity index (χ0n) is 15.4. The number of carbonyl (C=O) groups is 1. The molecular weight excluding hydrogens is 314 g/mol. The second-order valence-electron chi connectivity index (χ2n) is 7.57. The van der Waals surface area contributed by atoms with E-state index in [1.54, 1.807) is 0 Å². The molecule has 0 N–H and O–H groups in total. The average molecular weight is 341 g/mol. The Morgan fingerprint density at radius 2 is 2.08 bits per heavy atom. The summed E-state index contributed by atoms with van der Waals surface area (Å²) < 4.78 is 2.11. The van der Waals surface area contributed by atoms with E-state index in [1.807, 2.05) is 29.3 Å². The van der Waals surface area contributed by atoms with Gasteiger partial charge in [-0.2, -0.15) is 0 Å². The molecule has 2 aliphatic rings. The van der Waals surface area contributed by atoms with Gasteiger partial charge in [-0.05, 0) is 59.1 Å². The number of imidazole rings is 1. The molecular formula is C19H27N5O. The minimum absolute atomic E-state index is 0.0694. The highest BCUT2D eigenvalue weighted by atomic mass is 16.2. The maximum atomic E-state index is 13.2. The Bertz CT molecular complexity index is 783. The smallest absolute Gasteiger partial charge is 0.274 e. The Morgan fingerprint density at radius 3 is 2.76 bits per heavy atom. The van der Waals surface area contributed by atoms with E-state index >= 15 is 0 Å². The van der Waals surface area contributed by atoms with E-state index in [0.29, 0.717) is 17.8 Å². The van der Waals surface area contributed by atoms with Crippen molar-refractivity contribution in [2.75, 3.05) is 40.8 Å². The molecule has 1 amide bonds. The molecule has 2 aliphatic heterocycles. The molecule has 0 aliphatic carbocycles. The van der Waals surface area contributed by atoms with Gasteiger partial charge < -0.3 is 14.2 Å². The monoisotopic (exact) mass is 341 g/mol. The number of hydrogen-bond acceptors (Lipinski definition) is 4. The van der Waals surface area contributed by atoms with Crippen LogP contribution in [-0.4, -0.2) is 76.8 Å². The standard InChI is InChI=1S/C19H27N5O/c1-21(2)14-9-12-23(13-14)19(25)17-15-7-4-5-11-24(15)18(20-17)16-8-6-10-22(16)3/h4-5,7,11,14,16H,6,8-10,12-13H2,1-3H3/t14-,16-/m1/s1. The predicted molar refractivity (Wildman–Crippen MR) is 97.8 cm³/mol. The van der Waals surface area contributed by atoms with Crippen LogP contribution in [-0.2, 0) is 0 Å². The van der Waals surface area contributed by atoms with Gasteiger partial charge in [0.15, 0.2) is 5.69 Å². The fraction of sp³-hybridized carbons (Fsp3) is 0.579. The minimum atomic E-state index is 0.0694. The first-order valence-electron chi connectivity index (χ1n) is 9.19. The van der Waals surface area contributed by atoms with Gasteiger partial charge in [-0.25, -0.2) is 4.98 Å². The van der Waals surface area contributed by atoms with Crippen LogP contribution in [0.1, 0.15) is 41.6 Å². The van der Waals surface area contributed by atoms with Gasteiger partial charge in [0.2, 0.25) is 0 Å². The quantitative estimate of drug-likeness (QED) is 0.855. The molecule has 6 heteroatoms. The lowest BCUT2D eigenvalue weighted by Gasteiger charge is -2.20. The first-order valence-corrected chi connectivity index (χ1v) is 9.19. The summed E-state index contributed by atoms with van der Waals surface area (Å²) in [6, 6.07) is 6.75. The van der Waals surface area contributed by atoms with Crippen molar-refractivity contribution in [3.8, 4) is 0 Å². The van der Waals surface area contributed by atoms with Gasteiger partial charge in [0.1, 0.15) is 5.82 Å². The van der Waals surface area contributed by atoms with Gasteiger partial charge in [0.25, 0.3) is 5.91 Å². The van der Waals surface area contributed by atoms with Gasteiger partial charge in [0.05, 0.1) is 11.6 Å². The number of aromatic nitrogens is 2. The summed E-state index contributed by atoms with van der Waals surface area (Å²) in [7, 11) is 6.31. The molecule has 2 fully saturated rings. The van der Waals surface area contributed by atoms with Crippen molar-refractivity contribution in [3.05, 3.63) is 35.9 Å². The molecule has 0 saturated carbocycles. The van der Waals surface area contributed by atoms with Crippen LogP contribution in [0, 0.1) is 0 Å². The summed E-state index contributed by atoms with van der Waals surface area (Å²) >= 11 is 0. The number of nitrogens with zero attached hydrogens (tertiary/aromatic N) is 5. The van der Waals surface area contributed by atoms with Crippen LogP contribution in [0.2, 0.25) is 0 Å². The lowest BCUT2D eigenvalue weighted by atomic mass is 10.2. The van der Waals surface area contributed by atoms with Gasteiger partial charge in [0, 0.05) is 25.3 Å². The largest absolute Gasteiger partial charge is 0.336 e. The molecule has 6 nitrogen and oxygen atoms in total. The summed E-state index contributed by atoms with van der Waals surface area (Å²) in [4.78, 5) is 24.5. The lowest BCUT2D eigenvalue weighted by Crippen LogP contribution is -2.34. The second-order valence-corrected chi connectivity index (χ2v) is 7.57. The summed E-state index contributed by atoms with van der Waals surface area (Å²) in [5.74, 6) is 1.07.